The zero-order valence-corrected chi connectivity index (χ0v) is 10.5. The van der Waals surface area contributed by atoms with Gasteiger partial charge in [0.1, 0.15) is 5.82 Å². The minimum atomic E-state index is 0.944. The van der Waals surface area contributed by atoms with E-state index in [0.29, 0.717) is 0 Å². The van der Waals surface area contributed by atoms with E-state index in [2.05, 4.69) is 47.2 Å². The zero-order chi connectivity index (χ0) is 12.4. The molecule has 0 unspecified atom stereocenters. The molecule has 0 aliphatic carbocycles. The molecule has 0 aliphatic heterocycles. The number of H-pyrrole nitrogens is 1. The van der Waals surface area contributed by atoms with Crippen molar-refractivity contribution >= 4 is 11.0 Å². The summed E-state index contributed by atoms with van der Waals surface area (Å²) in [5.74, 6) is 0.944. The fourth-order valence-corrected chi connectivity index (χ4v) is 2.23. The summed E-state index contributed by atoms with van der Waals surface area (Å²) in [6, 6.07) is 16.7. The summed E-state index contributed by atoms with van der Waals surface area (Å²) < 4.78 is 0. The summed E-state index contributed by atoms with van der Waals surface area (Å²) in [6.45, 7) is 2.20. The second-order valence-electron chi connectivity index (χ2n) is 4.55. The normalized spacial score (nSPS) is 10.9. The molecular weight excluding hydrogens is 220 g/mol. The van der Waals surface area contributed by atoms with Crippen molar-refractivity contribution in [3.8, 4) is 11.4 Å². The van der Waals surface area contributed by atoms with Crippen LogP contribution in [0, 0.1) is 0 Å². The predicted molar refractivity (Wildman–Crippen MR) is 75.5 cm³/mol. The molecule has 0 spiro atoms. The Morgan fingerprint density at radius 3 is 2.67 bits per heavy atom. The molecule has 1 N–H and O–H groups in total. The highest BCUT2D eigenvalue weighted by molar-refractivity contribution is 5.80. The topological polar surface area (TPSA) is 28.7 Å². The van der Waals surface area contributed by atoms with Crippen LogP contribution in [0.15, 0.2) is 48.5 Å². The van der Waals surface area contributed by atoms with E-state index in [9.17, 15) is 0 Å². The molecule has 3 rings (SSSR count). The van der Waals surface area contributed by atoms with Crippen molar-refractivity contribution in [2.24, 2.45) is 0 Å². The molecule has 90 valence electrons. The number of nitrogens with zero attached hydrogens (tertiary/aromatic N) is 1. The fraction of sp³-hybridized carbons (Fsp3) is 0.188. The van der Waals surface area contributed by atoms with Crippen molar-refractivity contribution in [3.63, 3.8) is 0 Å². The second-order valence-corrected chi connectivity index (χ2v) is 4.55. The first kappa shape index (κ1) is 11.0. The molecule has 1 heterocycles. The summed E-state index contributed by atoms with van der Waals surface area (Å²) in [5.41, 5.74) is 4.66. The molecule has 0 saturated heterocycles. The summed E-state index contributed by atoms with van der Waals surface area (Å²) in [4.78, 5) is 8.03. The van der Waals surface area contributed by atoms with Crippen molar-refractivity contribution in [1.82, 2.24) is 9.97 Å². The lowest BCUT2D eigenvalue weighted by atomic mass is 10.1. The Hall–Kier alpha value is -2.09. The third-order valence-corrected chi connectivity index (χ3v) is 3.13. The second kappa shape index (κ2) is 4.65. The maximum absolute atomic E-state index is 4.63. The third-order valence-electron chi connectivity index (χ3n) is 3.13. The van der Waals surface area contributed by atoms with Gasteiger partial charge in [-0.2, -0.15) is 0 Å². The van der Waals surface area contributed by atoms with Crippen LogP contribution in [0.1, 0.15) is 18.9 Å². The first-order chi connectivity index (χ1) is 8.86. The third kappa shape index (κ3) is 2.02. The van der Waals surface area contributed by atoms with Crippen molar-refractivity contribution in [2.75, 3.05) is 0 Å². The van der Waals surface area contributed by atoms with Gasteiger partial charge >= 0.3 is 0 Å². The minimum absolute atomic E-state index is 0.944. The SMILES string of the molecule is CCCc1ccc2nc(-c3ccccc3)[nH]c2c1. The van der Waals surface area contributed by atoms with Gasteiger partial charge in [-0.05, 0) is 24.1 Å². The highest BCUT2D eigenvalue weighted by Crippen LogP contribution is 2.21. The van der Waals surface area contributed by atoms with Crippen LogP contribution in [0.4, 0.5) is 0 Å². The van der Waals surface area contributed by atoms with Gasteiger partial charge in [-0.3, -0.25) is 0 Å². The monoisotopic (exact) mass is 236 g/mol. The first-order valence-corrected chi connectivity index (χ1v) is 6.41. The van der Waals surface area contributed by atoms with Crippen LogP contribution in [0.5, 0.6) is 0 Å². The van der Waals surface area contributed by atoms with Crippen molar-refractivity contribution in [2.45, 2.75) is 19.8 Å². The number of nitrogens with one attached hydrogen (secondary N) is 1. The van der Waals surface area contributed by atoms with E-state index in [1.807, 2.05) is 18.2 Å². The summed E-state index contributed by atoms with van der Waals surface area (Å²) in [6.07, 6.45) is 2.29. The Bertz CT molecular complexity index is 653. The summed E-state index contributed by atoms with van der Waals surface area (Å²) in [7, 11) is 0. The number of aromatic amines is 1. The predicted octanol–water partition coefficient (Wildman–Crippen LogP) is 4.18. The van der Waals surface area contributed by atoms with E-state index in [1.165, 1.54) is 12.0 Å². The number of hydrogen-bond acceptors (Lipinski definition) is 1. The van der Waals surface area contributed by atoms with Crippen LogP contribution < -0.4 is 0 Å². The quantitative estimate of drug-likeness (QED) is 0.726. The highest BCUT2D eigenvalue weighted by Gasteiger charge is 2.05. The summed E-state index contributed by atoms with van der Waals surface area (Å²) in [5, 5.41) is 0. The zero-order valence-electron chi connectivity index (χ0n) is 10.5. The van der Waals surface area contributed by atoms with E-state index < -0.39 is 0 Å². The average molecular weight is 236 g/mol. The number of rotatable bonds is 3. The van der Waals surface area contributed by atoms with Gasteiger partial charge in [0.15, 0.2) is 0 Å². The molecule has 0 bridgehead atoms. The molecule has 0 radical (unpaired) electrons. The Kier molecular flexibility index (Phi) is 2.85. The van der Waals surface area contributed by atoms with Crippen LogP contribution in [0.3, 0.4) is 0 Å². The van der Waals surface area contributed by atoms with E-state index in [4.69, 9.17) is 0 Å². The van der Waals surface area contributed by atoms with Gasteiger partial charge in [0, 0.05) is 5.56 Å². The first-order valence-electron chi connectivity index (χ1n) is 6.41. The number of imidazole rings is 1. The highest BCUT2D eigenvalue weighted by atomic mass is 14.9. The van der Waals surface area contributed by atoms with Gasteiger partial charge in [0.25, 0.3) is 0 Å². The lowest BCUT2D eigenvalue weighted by Gasteiger charge is -1.96. The fourth-order valence-electron chi connectivity index (χ4n) is 2.23. The Morgan fingerprint density at radius 1 is 1.06 bits per heavy atom. The Labute approximate surface area is 107 Å². The van der Waals surface area contributed by atoms with Crippen LogP contribution in [-0.4, -0.2) is 9.97 Å². The molecule has 2 aromatic carbocycles. The van der Waals surface area contributed by atoms with Gasteiger partial charge in [-0.1, -0.05) is 49.7 Å². The van der Waals surface area contributed by atoms with E-state index in [0.717, 1.165) is 28.8 Å². The minimum Gasteiger partial charge on any atom is -0.338 e. The van der Waals surface area contributed by atoms with E-state index in [1.54, 1.807) is 0 Å². The Morgan fingerprint density at radius 2 is 1.89 bits per heavy atom. The molecule has 2 nitrogen and oxygen atoms in total. The molecule has 0 amide bonds. The molecule has 2 heteroatoms. The Balaban J connectivity index is 2.06. The van der Waals surface area contributed by atoms with Crippen LogP contribution >= 0.6 is 0 Å². The number of fused-ring (bicyclic) bond motifs is 1. The van der Waals surface area contributed by atoms with Crippen LogP contribution in [0.2, 0.25) is 0 Å². The molecule has 3 aromatic rings. The smallest absolute Gasteiger partial charge is 0.138 e. The maximum Gasteiger partial charge on any atom is 0.138 e. The molecule has 0 saturated carbocycles. The molecule has 0 aliphatic rings. The standard InChI is InChI=1S/C16H16N2/c1-2-6-12-9-10-14-15(11-12)18-16(17-14)13-7-4-3-5-8-13/h3-5,7-11H,2,6H2,1H3,(H,17,18). The van der Waals surface area contributed by atoms with Gasteiger partial charge in [-0.15, -0.1) is 0 Å². The molecule has 18 heavy (non-hydrogen) atoms. The number of hydrogen-bond donors (Lipinski definition) is 1. The van der Waals surface area contributed by atoms with Gasteiger partial charge in [-0.25, -0.2) is 4.98 Å². The van der Waals surface area contributed by atoms with Gasteiger partial charge < -0.3 is 4.98 Å². The molecular formula is C16H16N2. The molecule has 0 fully saturated rings. The van der Waals surface area contributed by atoms with E-state index >= 15 is 0 Å². The molecule has 1 aromatic heterocycles. The number of aromatic nitrogens is 2. The lowest BCUT2D eigenvalue weighted by Crippen LogP contribution is -1.82. The van der Waals surface area contributed by atoms with Crippen LogP contribution in [-0.2, 0) is 6.42 Å². The van der Waals surface area contributed by atoms with Crippen molar-refractivity contribution < 1.29 is 0 Å². The molecule has 0 atom stereocenters. The van der Waals surface area contributed by atoms with Crippen molar-refractivity contribution in [1.29, 1.82) is 0 Å². The largest absolute Gasteiger partial charge is 0.338 e. The van der Waals surface area contributed by atoms with Gasteiger partial charge in [0.05, 0.1) is 11.0 Å². The summed E-state index contributed by atoms with van der Waals surface area (Å²) >= 11 is 0. The lowest BCUT2D eigenvalue weighted by molar-refractivity contribution is 0.923. The van der Waals surface area contributed by atoms with E-state index in [-0.39, 0.29) is 0 Å². The maximum atomic E-state index is 4.63. The number of aryl methyl sites for hydroxylation is 1. The average Bonchev–Trinajstić information content (AvgIpc) is 2.83. The number of benzene rings is 2. The van der Waals surface area contributed by atoms with Crippen LogP contribution in [0.25, 0.3) is 22.4 Å². The van der Waals surface area contributed by atoms with Gasteiger partial charge in [0.2, 0.25) is 0 Å². The van der Waals surface area contributed by atoms with Crippen molar-refractivity contribution in [3.05, 3.63) is 54.1 Å².